The van der Waals surface area contributed by atoms with Crippen LogP contribution in [-0.4, -0.2) is 36.2 Å². The van der Waals surface area contributed by atoms with Crippen LogP contribution in [0.5, 0.6) is 0 Å². The van der Waals surface area contributed by atoms with Crippen LogP contribution in [0.4, 0.5) is 19.1 Å². The lowest BCUT2D eigenvalue weighted by atomic mass is 10.0. The quantitative estimate of drug-likeness (QED) is 0.364. The summed E-state index contributed by atoms with van der Waals surface area (Å²) >= 11 is 0. The molecule has 0 amide bonds. The standard InChI is InChI=1S/C20H18F3N7O2/c1-11-5-3-7-13-16(11)25-18(24)26-17(13)14-10-29(28-27-14)9-12-6-4-8-15(30(12)32)19(2,31)20(21,22)23/h3-8,10,31H,9H2,1-2H3,(H2,24,25,26)/t19-/m0/s1. The van der Waals surface area contributed by atoms with Crippen LogP contribution in [0.2, 0.25) is 0 Å². The van der Waals surface area contributed by atoms with Gasteiger partial charge in [-0.25, -0.2) is 14.6 Å². The van der Waals surface area contributed by atoms with Gasteiger partial charge in [-0.05, 0) is 25.5 Å². The highest BCUT2D eigenvalue weighted by Crippen LogP contribution is 2.37. The van der Waals surface area contributed by atoms with Gasteiger partial charge < -0.3 is 16.0 Å². The summed E-state index contributed by atoms with van der Waals surface area (Å²) in [6.07, 6.45) is -3.53. The molecular formula is C20H18F3N7O2. The molecule has 0 aliphatic rings. The largest absolute Gasteiger partial charge is 0.618 e. The van der Waals surface area contributed by atoms with E-state index in [0.717, 1.165) is 11.6 Å². The Morgan fingerprint density at radius 3 is 2.59 bits per heavy atom. The normalized spacial score (nSPS) is 13.9. The van der Waals surface area contributed by atoms with Crippen LogP contribution in [0, 0.1) is 12.1 Å². The number of aryl methyl sites for hydroxylation is 1. The highest BCUT2D eigenvalue weighted by molar-refractivity contribution is 5.93. The summed E-state index contributed by atoms with van der Waals surface area (Å²) in [4.78, 5) is 8.50. The van der Waals surface area contributed by atoms with Crippen molar-refractivity contribution in [3.05, 3.63) is 64.8 Å². The van der Waals surface area contributed by atoms with E-state index in [-0.39, 0.29) is 22.9 Å². The maximum atomic E-state index is 13.2. The van der Waals surface area contributed by atoms with Gasteiger partial charge in [-0.2, -0.15) is 17.9 Å². The van der Waals surface area contributed by atoms with Gasteiger partial charge in [-0.15, -0.1) is 5.10 Å². The molecule has 0 spiro atoms. The fourth-order valence-electron chi connectivity index (χ4n) is 3.32. The zero-order valence-corrected chi connectivity index (χ0v) is 17.0. The number of nitrogen functional groups attached to an aromatic ring is 1. The van der Waals surface area contributed by atoms with E-state index < -0.39 is 17.5 Å². The van der Waals surface area contributed by atoms with Crippen LogP contribution < -0.4 is 10.5 Å². The molecule has 12 heteroatoms. The number of aromatic nitrogens is 6. The minimum absolute atomic E-state index is 0.0517. The van der Waals surface area contributed by atoms with Crippen molar-refractivity contribution in [3.8, 4) is 11.4 Å². The fraction of sp³-hybridized carbons (Fsp3) is 0.250. The number of nitrogens with zero attached hydrogens (tertiary/aromatic N) is 6. The van der Waals surface area contributed by atoms with E-state index in [0.29, 0.717) is 29.2 Å². The number of pyridine rings is 1. The first-order chi connectivity index (χ1) is 15.0. The van der Waals surface area contributed by atoms with E-state index in [1.807, 2.05) is 25.1 Å². The molecule has 0 aliphatic carbocycles. The Labute approximate surface area is 179 Å². The van der Waals surface area contributed by atoms with E-state index in [1.165, 1.54) is 23.0 Å². The maximum absolute atomic E-state index is 13.2. The number of para-hydroxylation sites is 1. The van der Waals surface area contributed by atoms with Gasteiger partial charge in [0, 0.05) is 17.5 Å². The summed E-state index contributed by atoms with van der Waals surface area (Å²) in [5, 5.41) is 31.2. The van der Waals surface area contributed by atoms with Gasteiger partial charge in [0.2, 0.25) is 22.9 Å². The number of nitrogens with two attached hydrogens (primary N) is 1. The van der Waals surface area contributed by atoms with E-state index in [2.05, 4.69) is 20.3 Å². The average molecular weight is 445 g/mol. The predicted molar refractivity (Wildman–Crippen MR) is 108 cm³/mol. The Morgan fingerprint density at radius 1 is 1.16 bits per heavy atom. The Kier molecular flexibility index (Phi) is 4.96. The van der Waals surface area contributed by atoms with Crippen LogP contribution in [0.15, 0.2) is 42.6 Å². The fourth-order valence-corrected chi connectivity index (χ4v) is 3.32. The monoisotopic (exact) mass is 445 g/mol. The Balaban J connectivity index is 1.71. The number of hydrogen-bond acceptors (Lipinski definition) is 7. The van der Waals surface area contributed by atoms with Crippen molar-refractivity contribution in [1.29, 1.82) is 0 Å². The Hall–Kier alpha value is -3.80. The average Bonchev–Trinajstić information content (AvgIpc) is 3.17. The Morgan fingerprint density at radius 2 is 1.88 bits per heavy atom. The molecule has 9 nitrogen and oxygen atoms in total. The minimum atomic E-state index is -5.02. The lowest BCUT2D eigenvalue weighted by Crippen LogP contribution is -2.50. The SMILES string of the molecule is Cc1cccc2c(-c3cn(Cc4cccc([C@](C)(O)C(F)(F)F)[n+]4[O-])nn3)nc(N)nc12. The number of alkyl halides is 3. The second kappa shape index (κ2) is 7.41. The van der Waals surface area contributed by atoms with Crippen molar-refractivity contribution < 1.29 is 23.0 Å². The van der Waals surface area contributed by atoms with Crippen LogP contribution >= 0.6 is 0 Å². The highest BCUT2D eigenvalue weighted by Gasteiger charge is 2.56. The molecule has 3 heterocycles. The summed E-state index contributed by atoms with van der Waals surface area (Å²) in [5.74, 6) is 0.0517. The summed E-state index contributed by atoms with van der Waals surface area (Å²) in [7, 11) is 0. The first-order valence-corrected chi connectivity index (χ1v) is 9.43. The van der Waals surface area contributed by atoms with Gasteiger partial charge in [-0.3, -0.25) is 0 Å². The topological polar surface area (TPSA) is 130 Å². The second-order valence-corrected chi connectivity index (χ2v) is 7.47. The van der Waals surface area contributed by atoms with E-state index >= 15 is 0 Å². The maximum Gasteiger partial charge on any atom is 0.427 e. The summed E-state index contributed by atoms with van der Waals surface area (Å²) in [6, 6.07) is 9.05. The number of anilines is 1. The smallest absolute Gasteiger partial charge is 0.427 e. The van der Waals surface area contributed by atoms with Gasteiger partial charge in [0.1, 0.15) is 17.9 Å². The van der Waals surface area contributed by atoms with Gasteiger partial charge in [0.15, 0.2) is 0 Å². The number of aliphatic hydroxyl groups is 1. The molecule has 0 fully saturated rings. The van der Waals surface area contributed by atoms with Crippen molar-refractivity contribution in [3.63, 3.8) is 0 Å². The third kappa shape index (κ3) is 3.58. The van der Waals surface area contributed by atoms with Crippen LogP contribution in [0.3, 0.4) is 0 Å². The number of rotatable bonds is 4. The number of halogens is 3. The third-order valence-corrected chi connectivity index (χ3v) is 5.12. The minimum Gasteiger partial charge on any atom is -0.618 e. The van der Waals surface area contributed by atoms with Crippen molar-refractivity contribution in [2.75, 3.05) is 5.73 Å². The van der Waals surface area contributed by atoms with E-state index in [1.54, 1.807) is 0 Å². The van der Waals surface area contributed by atoms with Crippen LogP contribution in [-0.2, 0) is 12.1 Å². The molecule has 3 N–H and O–H groups in total. The molecule has 4 rings (SSSR count). The molecule has 0 radical (unpaired) electrons. The second-order valence-electron chi connectivity index (χ2n) is 7.47. The number of benzene rings is 1. The molecule has 0 unspecified atom stereocenters. The summed E-state index contributed by atoms with van der Waals surface area (Å²) in [6.45, 7) is 2.22. The molecule has 1 atom stereocenters. The third-order valence-electron chi connectivity index (χ3n) is 5.12. The molecule has 166 valence electrons. The molecular weight excluding hydrogens is 427 g/mol. The van der Waals surface area contributed by atoms with Gasteiger partial charge in [0.05, 0.1) is 11.7 Å². The van der Waals surface area contributed by atoms with Gasteiger partial charge in [-0.1, -0.05) is 23.4 Å². The van der Waals surface area contributed by atoms with Crippen molar-refractivity contribution in [2.45, 2.75) is 32.2 Å². The molecule has 3 aromatic heterocycles. The van der Waals surface area contributed by atoms with Crippen molar-refractivity contribution in [1.82, 2.24) is 25.0 Å². The van der Waals surface area contributed by atoms with Gasteiger partial charge >= 0.3 is 6.18 Å². The Bertz CT molecular complexity index is 1320. The van der Waals surface area contributed by atoms with Crippen LogP contribution in [0.1, 0.15) is 23.9 Å². The number of hydrogen-bond donors (Lipinski definition) is 2. The zero-order chi connectivity index (χ0) is 23.3. The predicted octanol–water partition coefficient (Wildman–Crippen LogP) is 2.23. The van der Waals surface area contributed by atoms with E-state index in [4.69, 9.17) is 5.73 Å². The molecule has 32 heavy (non-hydrogen) atoms. The lowest BCUT2D eigenvalue weighted by molar-refractivity contribution is -0.635. The zero-order valence-electron chi connectivity index (χ0n) is 17.0. The molecule has 0 aliphatic heterocycles. The molecule has 0 bridgehead atoms. The van der Waals surface area contributed by atoms with Crippen LogP contribution in [0.25, 0.3) is 22.3 Å². The number of fused-ring (bicyclic) bond motifs is 1. The first kappa shape index (κ1) is 21.4. The van der Waals surface area contributed by atoms with Crippen molar-refractivity contribution >= 4 is 16.9 Å². The molecule has 0 saturated heterocycles. The molecule has 1 aromatic carbocycles. The lowest BCUT2D eigenvalue weighted by Gasteiger charge is -2.25. The van der Waals surface area contributed by atoms with Gasteiger partial charge in [0.25, 0.3) is 0 Å². The summed E-state index contributed by atoms with van der Waals surface area (Å²) < 4.78 is 40.9. The molecule has 0 saturated carbocycles. The first-order valence-electron chi connectivity index (χ1n) is 9.43. The highest BCUT2D eigenvalue weighted by atomic mass is 19.4. The van der Waals surface area contributed by atoms with E-state index in [9.17, 15) is 23.5 Å². The molecule has 4 aromatic rings. The summed E-state index contributed by atoms with van der Waals surface area (Å²) in [5.41, 5.74) is 3.96. The van der Waals surface area contributed by atoms with Crippen molar-refractivity contribution in [2.24, 2.45) is 0 Å².